The summed E-state index contributed by atoms with van der Waals surface area (Å²) in [7, 11) is 0. The van der Waals surface area contributed by atoms with E-state index in [0.29, 0.717) is 41.3 Å². The number of hydrogen-bond acceptors (Lipinski definition) is 8. The van der Waals surface area contributed by atoms with Gasteiger partial charge in [-0.2, -0.15) is 10.1 Å². The molecule has 0 unspecified atom stereocenters. The molecule has 11 heteroatoms. The molecule has 1 atom stereocenters. The first-order valence-electron chi connectivity index (χ1n) is 11.5. The Kier molecular flexibility index (Phi) is 5.85. The van der Waals surface area contributed by atoms with Gasteiger partial charge in [0.1, 0.15) is 17.3 Å². The molecule has 1 aliphatic heterocycles. The molecule has 2 N–H and O–H groups in total. The lowest BCUT2D eigenvalue weighted by atomic mass is 9.91. The molecule has 0 saturated carbocycles. The van der Waals surface area contributed by atoms with Gasteiger partial charge < -0.3 is 20.1 Å². The highest BCUT2D eigenvalue weighted by atomic mass is 16.5. The van der Waals surface area contributed by atoms with E-state index in [-0.39, 0.29) is 17.4 Å². The summed E-state index contributed by atoms with van der Waals surface area (Å²) in [6, 6.07) is 9.22. The van der Waals surface area contributed by atoms with Crippen LogP contribution in [0.15, 0.2) is 42.7 Å². The number of aromatic nitrogens is 6. The van der Waals surface area contributed by atoms with Crippen LogP contribution >= 0.6 is 0 Å². The Morgan fingerprint density at radius 2 is 1.97 bits per heavy atom. The van der Waals surface area contributed by atoms with Crippen molar-refractivity contribution in [2.75, 3.05) is 23.8 Å². The third-order valence-electron chi connectivity index (χ3n) is 5.58. The number of amides is 1. The molecule has 1 amide bonds. The smallest absolute Gasteiger partial charge is 0.248 e. The fourth-order valence-corrected chi connectivity index (χ4v) is 3.96. The number of nitrogens with zero attached hydrogens (tertiary/aromatic N) is 6. The van der Waals surface area contributed by atoms with Crippen LogP contribution < -0.4 is 15.4 Å². The summed E-state index contributed by atoms with van der Waals surface area (Å²) in [6.45, 7) is 9.37. The van der Waals surface area contributed by atoms with Crippen LogP contribution in [0.4, 0.5) is 17.6 Å². The predicted molar refractivity (Wildman–Crippen MR) is 130 cm³/mol. The zero-order valence-corrected chi connectivity index (χ0v) is 20.1. The summed E-state index contributed by atoms with van der Waals surface area (Å²) >= 11 is 0. The van der Waals surface area contributed by atoms with E-state index in [1.165, 1.54) is 6.92 Å². The topological polar surface area (TPSA) is 120 Å². The molecule has 182 valence electrons. The third-order valence-corrected chi connectivity index (χ3v) is 5.58. The van der Waals surface area contributed by atoms with Crippen LogP contribution in [0.25, 0.3) is 5.65 Å². The van der Waals surface area contributed by atoms with Crippen LogP contribution in [0.1, 0.15) is 45.9 Å². The summed E-state index contributed by atoms with van der Waals surface area (Å²) in [5.41, 5.74) is 1.67. The Morgan fingerprint density at radius 1 is 1.14 bits per heavy atom. The quantitative estimate of drug-likeness (QED) is 0.427. The van der Waals surface area contributed by atoms with Crippen molar-refractivity contribution in [3.05, 3.63) is 48.4 Å². The Bertz CT molecular complexity index is 1360. The van der Waals surface area contributed by atoms with Crippen molar-refractivity contribution in [1.82, 2.24) is 29.4 Å². The van der Waals surface area contributed by atoms with Crippen LogP contribution in [0.2, 0.25) is 0 Å². The van der Waals surface area contributed by atoms with Crippen LogP contribution in [-0.2, 0) is 14.9 Å². The van der Waals surface area contributed by atoms with Crippen LogP contribution in [0, 0.1) is 0 Å². The first kappa shape index (κ1) is 22.8. The molecule has 35 heavy (non-hydrogen) atoms. The number of rotatable bonds is 6. The molecule has 5 heterocycles. The van der Waals surface area contributed by atoms with Gasteiger partial charge in [0.2, 0.25) is 11.9 Å². The SMILES string of the molecule is CC(=O)Nc1cc(Oc2ccn3nc(Nc4cc(C(C)(C)C)n([C@@H]5CCOC5)n4)nc3c2)ccn1. The third kappa shape index (κ3) is 5.09. The van der Waals surface area contributed by atoms with E-state index in [9.17, 15) is 4.79 Å². The summed E-state index contributed by atoms with van der Waals surface area (Å²) in [5, 5.41) is 15.2. The summed E-state index contributed by atoms with van der Waals surface area (Å²) in [4.78, 5) is 20.0. The van der Waals surface area contributed by atoms with Crippen molar-refractivity contribution in [3.63, 3.8) is 0 Å². The van der Waals surface area contributed by atoms with Crippen molar-refractivity contribution in [1.29, 1.82) is 0 Å². The number of hydrogen-bond donors (Lipinski definition) is 2. The Balaban J connectivity index is 1.36. The summed E-state index contributed by atoms with van der Waals surface area (Å²) in [6.07, 6.45) is 4.29. The molecule has 11 nitrogen and oxygen atoms in total. The number of carbonyl (C=O) groups excluding carboxylic acids is 1. The van der Waals surface area contributed by atoms with E-state index < -0.39 is 0 Å². The van der Waals surface area contributed by atoms with Crippen LogP contribution in [0.5, 0.6) is 11.5 Å². The van der Waals surface area contributed by atoms with Gasteiger partial charge in [-0.1, -0.05) is 20.8 Å². The van der Waals surface area contributed by atoms with Gasteiger partial charge in [0.05, 0.1) is 12.6 Å². The van der Waals surface area contributed by atoms with Crippen LogP contribution in [0.3, 0.4) is 0 Å². The molecule has 1 fully saturated rings. The molecule has 4 aromatic rings. The number of anilines is 3. The van der Waals surface area contributed by atoms with Gasteiger partial charge in [-0.05, 0) is 18.6 Å². The Morgan fingerprint density at radius 3 is 2.71 bits per heavy atom. The van der Waals surface area contributed by atoms with Crippen molar-refractivity contribution in [3.8, 4) is 11.5 Å². The summed E-state index contributed by atoms with van der Waals surface area (Å²) in [5.74, 6) is 2.47. The maximum atomic E-state index is 11.3. The Labute approximate surface area is 202 Å². The fourth-order valence-electron chi connectivity index (χ4n) is 3.96. The van der Waals surface area contributed by atoms with Crippen molar-refractivity contribution >= 4 is 29.1 Å². The Hall–Kier alpha value is -3.99. The maximum Gasteiger partial charge on any atom is 0.248 e. The number of carbonyl (C=O) groups is 1. The first-order chi connectivity index (χ1) is 16.7. The second-order valence-corrected chi connectivity index (χ2v) is 9.51. The normalized spacial score (nSPS) is 15.9. The molecule has 0 radical (unpaired) electrons. The molecule has 4 aromatic heterocycles. The molecule has 1 aliphatic rings. The van der Waals surface area contributed by atoms with Gasteiger partial charge in [-0.15, -0.1) is 5.10 Å². The van der Waals surface area contributed by atoms with Gasteiger partial charge in [-0.25, -0.2) is 9.50 Å². The van der Waals surface area contributed by atoms with Crippen molar-refractivity contribution < 1.29 is 14.3 Å². The molecule has 0 spiro atoms. The largest absolute Gasteiger partial charge is 0.457 e. The van der Waals surface area contributed by atoms with Crippen molar-refractivity contribution in [2.24, 2.45) is 0 Å². The minimum absolute atomic E-state index is 0.0686. The van der Waals surface area contributed by atoms with Gasteiger partial charge in [-0.3, -0.25) is 9.48 Å². The second-order valence-electron chi connectivity index (χ2n) is 9.51. The van der Waals surface area contributed by atoms with Crippen LogP contribution in [-0.4, -0.2) is 48.5 Å². The highest BCUT2D eigenvalue weighted by Gasteiger charge is 2.28. The number of fused-ring (bicyclic) bond motifs is 1. The van der Waals surface area contributed by atoms with E-state index >= 15 is 0 Å². The molecular formula is C24H28N8O3. The molecule has 1 saturated heterocycles. The maximum absolute atomic E-state index is 11.3. The minimum atomic E-state index is -0.199. The molecular weight excluding hydrogens is 448 g/mol. The molecule has 0 aromatic carbocycles. The van der Waals surface area contributed by atoms with Gasteiger partial charge in [0.25, 0.3) is 0 Å². The first-order valence-corrected chi connectivity index (χ1v) is 11.5. The fraction of sp³-hybridized carbons (Fsp3) is 0.375. The lowest BCUT2D eigenvalue weighted by Crippen LogP contribution is -2.22. The van der Waals surface area contributed by atoms with Gasteiger partial charge in [0.15, 0.2) is 11.5 Å². The van der Waals surface area contributed by atoms with E-state index in [4.69, 9.17) is 14.6 Å². The van der Waals surface area contributed by atoms with Crippen molar-refractivity contribution in [2.45, 2.75) is 45.6 Å². The van der Waals surface area contributed by atoms with E-state index in [1.54, 1.807) is 41.2 Å². The number of pyridine rings is 2. The zero-order chi connectivity index (χ0) is 24.6. The molecule has 0 aliphatic carbocycles. The lowest BCUT2D eigenvalue weighted by Gasteiger charge is -2.22. The average molecular weight is 477 g/mol. The lowest BCUT2D eigenvalue weighted by molar-refractivity contribution is -0.114. The summed E-state index contributed by atoms with van der Waals surface area (Å²) < 4.78 is 15.2. The number of nitrogens with one attached hydrogen (secondary N) is 2. The minimum Gasteiger partial charge on any atom is -0.457 e. The second kappa shape index (κ2) is 8.99. The van der Waals surface area contributed by atoms with Gasteiger partial charge in [0, 0.05) is 55.2 Å². The molecule has 0 bridgehead atoms. The monoisotopic (exact) mass is 476 g/mol. The highest BCUT2D eigenvalue weighted by molar-refractivity contribution is 5.87. The highest BCUT2D eigenvalue weighted by Crippen LogP contribution is 2.31. The van der Waals surface area contributed by atoms with Gasteiger partial charge >= 0.3 is 0 Å². The van der Waals surface area contributed by atoms with E-state index in [2.05, 4.69) is 57.2 Å². The molecule has 5 rings (SSSR count). The van der Waals surface area contributed by atoms with E-state index in [1.807, 2.05) is 0 Å². The average Bonchev–Trinajstić information content (AvgIpc) is 3.52. The standard InChI is InChI=1S/C24H28N8O3/c1-15(33)26-20-11-17(5-8-25-20)35-18-6-9-31-22(12-18)28-23(30-31)27-21-13-19(24(2,3)4)32(29-21)16-7-10-34-14-16/h5-6,8-9,11-13,16H,7,10,14H2,1-4H3,(H,25,26,33)(H,27,29,30)/t16-/m1/s1. The zero-order valence-electron chi connectivity index (χ0n) is 20.1. The number of ether oxygens (including phenoxy) is 2. The van der Waals surface area contributed by atoms with E-state index in [0.717, 1.165) is 18.7 Å². The predicted octanol–water partition coefficient (Wildman–Crippen LogP) is 4.07.